The van der Waals surface area contributed by atoms with Crippen molar-refractivity contribution in [1.82, 2.24) is 5.32 Å². The predicted molar refractivity (Wildman–Crippen MR) is 72.3 cm³/mol. The molecule has 17 heavy (non-hydrogen) atoms. The van der Waals surface area contributed by atoms with E-state index in [-0.39, 0.29) is 12.0 Å². The van der Waals surface area contributed by atoms with Gasteiger partial charge in [0.25, 0.3) is 0 Å². The second-order valence-electron chi connectivity index (χ2n) is 4.91. The lowest BCUT2D eigenvalue weighted by molar-refractivity contribution is -0.143. The molecule has 0 bridgehead atoms. The lowest BCUT2D eigenvalue weighted by Crippen LogP contribution is -2.42. The molecule has 2 atom stereocenters. The van der Waals surface area contributed by atoms with Gasteiger partial charge in [0.1, 0.15) is 6.04 Å². The van der Waals surface area contributed by atoms with Crippen molar-refractivity contribution in [1.29, 1.82) is 0 Å². The molecule has 0 saturated heterocycles. The number of hydrogen-bond acceptors (Lipinski definition) is 5. The number of hydrogen-bond donors (Lipinski definition) is 1. The van der Waals surface area contributed by atoms with Gasteiger partial charge in [0.05, 0.1) is 7.11 Å². The summed E-state index contributed by atoms with van der Waals surface area (Å²) < 4.78 is 4.81. The zero-order valence-electron chi connectivity index (χ0n) is 11.0. The average molecular weight is 258 g/mol. The minimum absolute atomic E-state index is 0.208. The van der Waals surface area contributed by atoms with Crippen LogP contribution >= 0.6 is 11.8 Å². The van der Waals surface area contributed by atoms with Crippen molar-refractivity contribution in [3.63, 3.8) is 0 Å². The monoisotopic (exact) mass is 258 g/mol. The van der Waals surface area contributed by atoms with Crippen molar-refractivity contribution in [2.75, 3.05) is 19.4 Å². The van der Waals surface area contributed by atoms with Crippen LogP contribution in [0.25, 0.3) is 0 Å². The van der Waals surface area contributed by atoms with E-state index in [0.29, 0.717) is 11.8 Å². The standard InChI is InChI=1S/C12H22N2O2S/c1-8(2)5-10(11(15)16-4)14-12-13-6-9(3)7-17-12/h8-10H,5-7H2,1-4H3,(H,13,14). The molecule has 0 aromatic carbocycles. The third-order valence-corrected chi connectivity index (χ3v) is 3.80. The molecule has 1 N–H and O–H groups in total. The van der Waals surface area contributed by atoms with Crippen LogP contribution in [0.4, 0.5) is 0 Å². The van der Waals surface area contributed by atoms with Crippen LogP contribution in [-0.4, -0.2) is 36.6 Å². The SMILES string of the molecule is COC(=O)C(CC(C)C)NC1=NCC(C)CS1. The lowest BCUT2D eigenvalue weighted by Gasteiger charge is -2.23. The number of carbonyl (C=O) groups is 1. The van der Waals surface area contributed by atoms with E-state index in [1.807, 2.05) is 0 Å². The first-order valence-electron chi connectivity index (χ1n) is 6.04. The van der Waals surface area contributed by atoms with Gasteiger partial charge in [-0.05, 0) is 18.3 Å². The van der Waals surface area contributed by atoms with Gasteiger partial charge in [-0.1, -0.05) is 32.5 Å². The summed E-state index contributed by atoms with van der Waals surface area (Å²) in [6.45, 7) is 7.20. The Balaban J connectivity index is 2.56. The summed E-state index contributed by atoms with van der Waals surface area (Å²) in [6, 6.07) is -0.278. The minimum Gasteiger partial charge on any atom is -0.467 e. The predicted octanol–water partition coefficient (Wildman–Crippen LogP) is 1.90. The van der Waals surface area contributed by atoms with Crippen LogP contribution in [0.15, 0.2) is 4.99 Å². The number of ether oxygens (including phenoxy) is 1. The lowest BCUT2D eigenvalue weighted by atomic mass is 10.0. The van der Waals surface area contributed by atoms with E-state index in [2.05, 4.69) is 31.1 Å². The molecule has 98 valence electrons. The number of methoxy groups -OCH3 is 1. The Morgan fingerprint density at radius 3 is 2.82 bits per heavy atom. The third kappa shape index (κ3) is 4.98. The average Bonchev–Trinajstić information content (AvgIpc) is 2.29. The number of esters is 1. The molecule has 0 fully saturated rings. The van der Waals surface area contributed by atoms with E-state index in [0.717, 1.165) is 23.9 Å². The van der Waals surface area contributed by atoms with Crippen molar-refractivity contribution in [2.45, 2.75) is 33.2 Å². The number of carbonyl (C=O) groups excluding carboxylic acids is 1. The molecule has 0 saturated carbocycles. The highest BCUT2D eigenvalue weighted by Gasteiger charge is 2.23. The second-order valence-corrected chi connectivity index (χ2v) is 5.92. The summed E-state index contributed by atoms with van der Waals surface area (Å²) >= 11 is 1.69. The normalized spacial score (nSPS) is 21.9. The van der Waals surface area contributed by atoms with Crippen LogP contribution in [0.5, 0.6) is 0 Å². The Hall–Kier alpha value is -0.710. The Morgan fingerprint density at radius 2 is 2.35 bits per heavy atom. The quantitative estimate of drug-likeness (QED) is 0.783. The van der Waals surface area contributed by atoms with Crippen LogP contribution < -0.4 is 5.32 Å². The van der Waals surface area contributed by atoms with Gasteiger partial charge in [-0.2, -0.15) is 0 Å². The van der Waals surface area contributed by atoms with Crippen LogP contribution in [0.1, 0.15) is 27.2 Å². The first-order valence-corrected chi connectivity index (χ1v) is 7.03. The topological polar surface area (TPSA) is 50.7 Å². The number of thioether (sulfide) groups is 1. The van der Waals surface area contributed by atoms with Crippen LogP contribution in [0.3, 0.4) is 0 Å². The highest BCUT2D eigenvalue weighted by molar-refractivity contribution is 8.13. The van der Waals surface area contributed by atoms with Crippen molar-refractivity contribution >= 4 is 22.9 Å². The van der Waals surface area contributed by atoms with E-state index in [4.69, 9.17) is 4.74 Å². The molecule has 1 rings (SSSR count). The fraction of sp³-hybridized carbons (Fsp3) is 0.833. The van der Waals surface area contributed by atoms with Gasteiger partial charge in [0, 0.05) is 12.3 Å². The van der Waals surface area contributed by atoms with Crippen LogP contribution in [0.2, 0.25) is 0 Å². The summed E-state index contributed by atoms with van der Waals surface area (Å²) in [5.74, 6) is 1.91. The van der Waals surface area contributed by atoms with Gasteiger partial charge in [0.15, 0.2) is 5.17 Å². The van der Waals surface area contributed by atoms with E-state index in [1.54, 1.807) is 11.8 Å². The van der Waals surface area contributed by atoms with Crippen LogP contribution in [0, 0.1) is 11.8 Å². The molecule has 1 heterocycles. The maximum absolute atomic E-state index is 11.6. The fourth-order valence-electron chi connectivity index (χ4n) is 1.62. The van der Waals surface area contributed by atoms with Gasteiger partial charge >= 0.3 is 5.97 Å². The Bertz CT molecular complexity index is 292. The van der Waals surface area contributed by atoms with Crippen LogP contribution in [-0.2, 0) is 9.53 Å². The van der Waals surface area contributed by atoms with Gasteiger partial charge in [-0.15, -0.1) is 0 Å². The molecule has 0 aliphatic carbocycles. The van der Waals surface area contributed by atoms with Crippen molar-refractivity contribution in [3.8, 4) is 0 Å². The molecule has 4 nitrogen and oxygen atoms in total. The summed E-state index contributed by atoms with van der Waals surface area (Å²) in [7, 11) is 1.43. The molecule has 0 amide bonds. The highest BCUT2D eigenvalue weighted by atomic mass is 32.2. The number of nitrogens with zero attached hydrogens (tertiary/aromatic N) is 1. The largest absolute Gasteiger partial charge is 0.467 e. The zero-order chi connectivity index (χ0) is 12.8. The number of amidine groups is 1. The Morgan fingerprint density at radius 1 is 1.65 bits per heavy atom. The van der Waals surface area contributed by atoms with Crippen molar-refractivity contribution in [3.05, 3.63) is 0 Å². The zero-order valence-corrected chi connectivity index (χ0v) is 11.8. The third-order valence-electron chi connectivity index (χ3n) is 2.54. The van der Waals surface area contributed by atoms with Gasteiger partial charge in [-0.3, -0.25) is 4.99 Å². The first kappa shape index (κ1) is 14.4. The van der Waals surface area contributed by atoms with Gasteiger partial charge < -0.3 is 10.1 Å². The molecule has 0 radical (unpaired) electrons. The Labute approximate surface area is 108 Å². The maximum Gasteiger partial charge on any atom is 0.328 e. The first-order chi connectivity index (χ1) is 8.02. The van der Waals surface area contributed by atoms with Gasteiger partial charge in [0.2, 0.25) is 0 Å². The molecule has 0 spiro atoms. The second kappa shape index (κ2) is 6.89. The van der Waals surface area contributed by atoms with Crippen molar-refractivity contribution in [2.24, 2.45) is 16.8 Å². The molecular weight excluding hydrogens is 236 g/mol. The number of rotatable bonds is 4. The maximum atomic E-state index is 11.6. The number of nitrogens with one attached hydrogen (secondary N) is 1. The molecule has 0 aromatic heterocycles. The molecular formula is C12H22N2O2S. The molecule has 5 heteroatoms. The smallest absolute Gasteiger partial charge is 0.328 e. The summed E-state index contributed by atoms with van der Waals surface area (Å²) in [5.41, 5.74) is 0. The van der Waals surface area contributed by atoms with E-state index in [9.17, 15) is 4.79 Å². The molecule has 1 aliphatic rings. The summed E-state index contributed by atoms with van der Waals surface area (Å²) in [5, 5.41) is 4.07. The molecule has 2 unspecified atom stereocenters. The highest BCUT2D eigenvalue weighted by Crippen LogP contribution is 2.17. The van der Waals surface area contributed by atoms with Gasteiger partial charge in [-0.25, -0.2) is 4.79 Å². The molecule has 0 aromatic rings. The summed E-state index contributed by atoms with van der Waals surface area (Å²) in [6.07, 6.45) is 0.766. The van der Waals surface area contributed by atoms with Crippen molar-refractivity contribution < 1.29 is 9.53 Å². The number of aliphatic imine (C=N–C) groups is 1. The molecule has 1 aliphatic heterocycles. The van der Waals surface area contributed by atoms with E-state index < -0.39 is 0 Å². The van der Waals surface area contributed by atoms with E-state index in [1.165, 1.54) is 7.11 Å². The minimum atomic E-state index is -0.278. The summed E-state index contributed by atoms with van der Waals surface area (Å²) in [4.78, 5) is 16.1. The Kier molecular flexibility index (Phi) is 5.82. The van der Waals surface area contributed by atoms with E-state index >= 15 is 0 Å². The fourth-order valence-corrected chi connectivity index (χ4v) is 2.56.